The molecule has 0 aromatic carbocycles. The molecule has 1 aromatic heterocycles. The summed E-state index contributed by atoms with van der Waals surface area (Å²) >= 11 is 0. The molecule has 13 heavy (non-hydrogen) atoms. The average Bonchev–Trinajstić information content (AvgIpc) is 2.40. The van der Waals surface area contributed by atoms with Crippen LogP contribution in [0.1, 0.15) is 5.82 Å². The van der Waals surface area contributed by atoms with E-state index >= 15 is 0 Å². The van der Waals surface area contributed by atoms with Crippen LogP contribution in [0.2, 0.25) is 0 Å². The number of aromatic nitrogens is 3. The molecule has 2 rings (SSSR count). The predicted molar refractivity (Wildman–Crippen MR) is 43.4 cm³/mol. The Morgan fingerprint density at radius 2 is 2.46 bits per heavy atom. The summed E-state index contributed by atoms with van der Waals surface area (Å²) in [6, 6.07) is 0. The Morgan fingerprint density at radius 3 is 3.08 bits per heavy atom. The molecule has 0 N–H and O–H groups in total. The quantitative estimate of drug-likeness (QED) is 0.587. The van der Waals surface area contributed by atoms with E-state index in [0.29, 0.717) is 13.0 Å². The second-order valence-corrected chi connectivity index (χ2v) is 4.59. The van der Waals surface area contributed by atoms with Crippen LogP contribution in [0.15, 0.2) is 6.33 Å². The van der Waals surface area contributed by atoms with E-state index in [1.54, 1.807) is 4.68 Å². The Hall–Kier alpha value is -0.950. The van der Waals surface area contributed by atoms with Crippen LogP contribution in [-0.2, 0) is 27.3 Å². The zero-order valence-corrected chi connectivity index (χ0v) is 7.86. The number of nitrogens with zero attached hydrogens (tertiary/aromatic N) is 3. The van der Waals surface area contributed by atoms with E-state index < -0.39 is 10.1 Å². The van der Waals surface area contributed by atoms with Crippen LogP contribution in [0, 0.1) is 0 Å². The lowest BCUT2D eigenvalue weighted by Crippen LogP contribution is -2.19. The van der Waals surface area contributed by atoms with Crippen molar-refractivity contribution in [2.24, 2.45) is 0 Å². The normalized spacial score (nSPS) is 21.8. The van der Waals surface area contributed by atoms with Crippen LogP contribution >= 0.6 is 0 Å². The highest BCUT2D eigenvalue weighted by molar-refractivity contribution is 7.86. The van der Waals surface area contributed by atoms with E-state index in [9.17, 15) is 8.42 Å². The second-order valence-electron chi connectivity index (χ2n) is 2.98. The van der Waals surface area contributed by atoms with Crippen molar-refractivity contribution in [1.82, 2.24) is 14.8 Å². The van der Waals surface area contributed by atoms with E-state index in [1.807, 2.05) is 0 Å². The minimum atomic E-state index is -3.37. The molecule has 1 aliphatic heterocycles. The number of rotatable bonds is 2. The maximum absolute atomic E-state index is 10.8. The largest absolute Gasteiger partial charge is 0.265 e. The molecule has 1 aromatic rings. The van der Waals surface area contributed by atoms with Crippen LogP contribution in [0.25, 0.3) is 0 Å². The summed E-state index contributed by atoms with van der Waals surface area (Å²) in [4.78, 5) is 3.95. The lowest BCUT2D eigenvalue weighted by molar-refractivity contribution is 0.208. The van der Waals surface area contributed by atoms with Gasteiger partial charge in [-0.05, 0) is 0 Å². The van der Waals surface area contributed by atoms with Gasteiger partial charge in [-0.3, -0.25) is 4.18 Å². The second kappa shape index (κ2) is 2.78. The highest BCUT2D eigenvalue weighted by atomic mass is 32.2. The van der Waals surface area contributed by atoms with Crippen molar-refractivity contribution in [3.05, 3.63) is 12.2 Å². The number of fused-ring (bicyclic) bond motifs is 1. The monoisotopic (exact) mass is 203 g/mol. The van der Waals surface area contributed by atoms with Crippen LogP contribution in [0.3, 0.4) is 0 Å². The fourth-order valence-electron chi connectivity index (χ4n) is 1.37. The first-order valence-electron chi connectivity index (χ1n) is 3.79. The fourth-order valence-corrected chi connectivity index (χ4v) is 1.99. The Morgan fingerprint density at radius 1 is 1.69 bits per heavy atom. The van der Waals surface area contributed by atoms with Gasteiger partial charge in [0.15, 0.2) is 0 Å². The van der Waals surface area contributed by atoms with Gasteiger partial charge in [0.1, 0.15) is 18.3 Å². The van der Waals surface area contributed by atoms with Gasteiger partial charge >= 0.3 is 0 Å². The van der Waals surface area contributed by atoms with Gasteiger partial charge in [-0.15, -0.1) is 0 Å². The minimum Gasteiger partial charge on any atom is -0.265 e. The molecule has 0 amide bonds. The molecule has 7 heteroatoms. The van der Waals surface area contributed by atoms with Crippen molar-refractivity contribution in [3.63, 3.8) is 0 Å². The number of hydrogen-bond acceptors (Lipinski definition) is 5. The molecule has 72 valence electrons. The maximum atomic E-state index is 10.8. The van der Waals surface area contributed by atoms with Crippen molar-refractivity contribution in [3.8, 4) is 0 Å². The summed E-state index contributed by atoms with van der Waals surface area (Å²) in [5.41, 5.74) is 0. The summed E-state index contributed by atoms with van der Waals surface area (Å²) in [7, 11) is -3.37. The molecule has 0 spiro atoms. The van der Waals surface area contributed by atoms with Gasteiger partial charge in [-0.1, -0.05) is 0 Å². The molecule has 1 aliphatic rings. The average molecular weight is 203 g/mol. The Bertz CT molecular complexity index is 390. The number of hydrogen-bond donors (Lipinski definition) is 0. The summed E-state index contributed by atoms with van der Waals surface area (Å²) in [5.74, 6) is 0.772. The molecule has 0 saturated heterocycles. The third-order valence-electron chi connectivity index (χ3n) is 1.79. The van der Waals surface area contributed by atoms with Crippen molar-refractivity contribution < 1.29 is 12.6 Å². The van der Waals surface area contributed by atoms with E-state index in [4.69, 9.17) is 4.18 Å². The molecule has 1 atom stereocenters. The van der Waals surface area contributed by atoms with Crippen LogP contribution < -0.4 is 0 Å². The summed E-state index contributed by atoms with van der Waals surface area (Å²) < 4.78 is 28.0. The van der Waals surface area contributed by atoms with E-state index in [-0.39, 0.29) is 6.10 Å². The Balaban J connectivity index is 2.07. The zero-order valence-electron chi connectivity index (χ0n) is 7.04. The van der Waals surface area contributed by atoms with E-state index in [1.165, 1.54) is 6.33 Å². The van der Waals surface area contributed by atoms with Crippen molar-refractivity contribution in [1.29, 1.82) is 0 Å². The molecule has 6 nitrogen and oxygen atoms in total. The van der Waals surface area contributed by atoms with Gasteiger partial charge in [-0.2, -0.15) is 13.5 Å². The van der Waals surface area contributed by atoms with Crippen molar-refractivity contribution in [2.75, 3.05) is 6.26 Å². The molecule has 2 heterocycles. The Labute approximate surface area is 75.7 Å². The topological polar surface area (TPSA) is 74.1 Å². The molecule has 0 aliphatic carbocycles. The first-order chi connectivity index (χ1) is 6.04. The molecule has 0 fully saturated rings. The summed E-state index contributed by atoms with van der Waals surface area (Å²) in [6.07, 6.45) is 2.66. The summed E-state index contributed by atoms with van der Waals surface area (Å²) in [6.45, 7) is 0.461. The molecule has 0 bridgehead atoms. The smallest absolute Gasteiger partial charge is 0.264 e. The van der Waals surface area contributed by atoms with Crippen LogP contribution in [0.4, 0.5) is 0 Å². The third-order valence-corrected chi connectivity index (χ3v) is 2.42. The van der Waals surface area contributed by atoms with Gasteiger partial charge in [0.2, 0.25) is 0 Å². The maximum Gasteiger partial charge on any atom is 0.264 e. The molecular formula is C6H9N3O3S. The van der Waals surface area contributed by atoms with E-state index in [0.717, 1.165) is 12.1 Å². The van der Waals surface area contributed by atoms with Gasteiger partial charge < -0.3 is 0 Å². The van der Waals surface area contributed by atoms with Gasteiger partial charge in [0.25, 0.3) is 10.1 Å². The molecule has 1 unspecified atom stereocenters. The SMILES string of the molecule is CS(=O)(=O)OC1Cc2ncnn2C1. The lowest BCUT2D eigenvalue weighted by Gasteiger charge is -2.06. The highest BCUT2D eigenvalue weighted by Gasteiger charge is 2.26. The van der Waals surface area contributed by atoms with E-state index in [2.05, 4.69) is 10.1 Å². The zero-order chi connectivity index (χ0) is 9.47. The van der Waals surface area contributed by atoms with Gasteiger partial charge in [0, 0.05) is 6.42 Å². The van der Waals surface area contributed by atoms with Crippen LogP contribution in [0.5, 0.6) is 0 Å². The fraction of sp³-hybridized carbons (Fsp3) is 0.667. The predicted octanol–water partition coefficient (Wildman–Crippen LogP) is -0.821. The summed E-state index contributed by atoms with van der Waals surface area (Å²) in [5, 5.41) is 3.91. The standard InChI is InChI=1S/C6H9N3O3S/c1-13(10,11)12-5-2-6-7-4-8-9(6)3-5/h4-5H,2-3H2,1H3. The van der Waals surface area contributed by atoms with Crippen LogP contribution in [-0.4, -0.2) is 35.5 Å². The van der Waals surface area contributed by atoms with Crippen molar-refractivity contribution in [2.45, 2.75) is 19.1 Å². The first kappa shape index (κ1) is 8.64. The Kier molecular flexibility index (Phi) is 1.85. The third kappa shape index (κ3) is 1.86. The van der Waals surface area contributed by atoms with Crippen molar-refractivity contribution >= 4 is 10.1 Å². The van der Waals surface area contributed by atoms with Gasteiger partial charge in [-0.25, -0.2) is 9.67 Å². The minimum absolute atomic E-state index is 0.341. The lowest BCUT2D eigenvalue weighted by atomic mass is 10.3. The molecular weight excluding hydrogens is 194 g/mol. The first-order valence-corrected chi connectivity index (χ1v) is 5.61. The highest BCUT2D eigenvalue weighted by Crippen LogP contribution is 2.15. The molecule has 0 radical (unpaired) electrons. The van der Waals surface area contributed by atoms with Gasteiger partial charge in [0.05, 0.1) is 12.8 Å². The molecule has 0 saturated carbocycles.